The molecule has 0 aromatic heterocycles. The monoisotopic (exact) mass is 368 g/mol. The first kappa shape index (κ1) is 14.0. The van der Waals surface area contributed by atoms with Crippen molar-refractivity contribution in [1.82, 2.24) is 0 Å². The van der Waals surface area contributed by atoms with E-state index in [0.717, 1.165) is 20.1 Å². The summed E-state index contributed by atoms with van der Waals surface area (Å²) in [6, 6.07) is 3.64. The summed E-state index contributed by atoms with van der Waals surface area (Å²) in [5.74, 6) is 0.704. The van der Waals surface area contributed by atoms with E-state index in [1.54, 1.807) is 0 Å². The second-order valence-corrected chi connectivity index (χ2v) is 5.22. The number of aliphatic hydroxyl groups is 1. The maximum atomic E-state index is 9.02. The van der Waals surface area contributed by atoms with Gasteiger partial charge in [0.05, 0.1) is 15.6 Å². The molecule has 0 aliphatic carbocycles. The van der Waals surface area contributed by atoms with Crippen molar-refractivity contribution in [1.29, 1.82) is 0 Å². The third kappa shape index (κ3) is 3.77. The van der Waals surface area contributed by atoms with Gasteiger partial charge in [-0.15, -0.1) is 0 Å². The van der Waals surface area contributed by atoms with E-state index in [1.807, 2.05) is 19.1 Å². The molecule has 0 saturated heterocycles. The van der Waals surface area contributed by atoms with Crippen LogP contribution in [0.1, 0.15) is 12.5 Å². The minimum absolute atomic E-state index is 0.00189. The predicted molar refractivity (Wildman–Crippen MR) is 72.9 cm³/mol. The normalized spacial score (nSPS) is 11.7. The Hall–Kier alpha value is -0.0300. The fourth-order valence-corrected chi connectivity index (χ4v) is 2.63. The molecule has 0 saturated carbocycles. The molecule has 0 fully saturated rings. The molecule has 0 atom stereocenters. The van der Waals surface area contributed by atoms with Crippen molar-refractivity contribution in [3.63, 3.8) is 0 Å². The lowest BCUT2D eigenvalue weighted by Crippen LogP contribution is -2.00. The molecule has 0 bridgehead atoms. The SMILES string of the molecule is CC(=CCl)COc1c(Br)cc(CO)cc1Br. The first-order chi connectivity index (χ1) is 7.58. The van der Waals surface area contributed by atoms with Crippen LogP contribution in [0.15, 0.2) is 32.2 Å². The van der Waals surface area contributed by atoms with Crippen molar-refractivity contribution < 1.29 is 9.84 Å². The zero-order chi connectivity index (χ0) is 12.1. The number of hydrogen-bond acceptors (Lipinski definition) is 2. The number of hydrogen-bond donors (Lipinski definition) is 1. The van der Waals surface area contributed by atoms with E-state index in [1.165, 1.54) is 5.54 Å². The number of benzene rings is 1. The van der Waals surface area contributed by atoms with Crippen molar-refractivity contribution in [3.8, 4) is 5.75 Å². The van der Waals surface area contributed by atoms with Crippen molar-refractivity contribution in [2.24, 2.45) is 0 Å². The van der Waals surface area contributed by atoms with Gasteiger partial charge in [0.1, 0.15) is 12.4 Å². The molecule has 5 heteroatoms. The highest BCUT2D eigenvalue weighted by Gasteiger charge is 2.08. The zero-order valence-corrected chi connectivity index (χ0v) is 12.6. The van der Waals surface area contributed by atoms with Gasteiger partial charge in [-0.2, -0.15) is 0 Å². The van der Waals surface area contributed by atoms with Gasteiger partial charge in [0.15, 0.2) is 0 Å². The highest BCUT2D eigenvalue weighted by Crippen LogP contribution is 2.35. The van der Waals surface area contributed by atoms with Gasteiger partial charge in [-0.05, 0) is 62.1 Å². The summed E-state index contributed by atoms with van der Waals surface area (Å²) in [5.41, 5.74) is 3.24. The standard InChI is InChI=1S/C11H11Br2ClO2/c1-7(4-14)6-16-11-9(12)2-8(5-15)3-10(11)13/h2-4,15H,5-6H2,1H3. The summed E-state index contributed by atoms with van der Waals surface area (Å²) >= 11 is 12.3. The number of aliphatic hydroxyl groups excluding tert-OH is 1. The Morgan fingerprint density at radius 3 is 2.44 bits per heavy atom. The molecule has 0 amide bonds. The van der Waals surface area contributed by atoms with Gasteiger partial charge in [-0.1, -0.05) is 11.6 Å². The molecule has 1 aromatic rings. The number of ether oxygens (including phenoxy) is 1. The summed E-state index contributed by atoms with van der Waals surface area (Å²) < 4.78 is 7.19. The minimum Gasteiger partial charge on any atom is -0.487 e. The van der Waals surface area contributed by atoms with Crippen LogP contribution in [-0.2, 0) is 6.61 Å². The summed E-state index contributed by atoms with van der Waals surface area (Å²) in [6.45, 7) is 2.31. The van der Waals surface area contributed by atoms with E-state index in [0.29, 0.717) is 12.4 Å². The molecular weight excluding hydrogens is 359 g/mol. The van der Waals surface area contributed by atoms with E-state index in [-0.39, 0.29) is 6.61 Å². The van der Waals surface area contributed by atoms with Gasteiger partial charge < -0.3 is 9.84 Å². The van der Waals surface area contributed by atoms with Gasteiger partial charge in [0, 0.05) is 5.54 Å². The predicted octanol–water partition coefficient (Wildman–Crippen LogP) is 4.23. The molecule has 2 nitrogen and oxygen atoms in total. The first-order valence-corrected chi connectivity index (χ1v) is 6.58. The van der Waals surface area contributed by atoms with Crippen LogP contribution in [0, 0.1) is 0 Å². The second kappa shape index (κ2) is 6.64. The van der Waals surface area contributed by atoms with Crippen LogP contribution < -0.4 is 4.74 Å². The minimum atomic E-state index is -0.00189. The Bertz CT molecular complexity index is 382. The van der Waals surface area contributed by atoms with Crippen LogP contribution >= 0.6 is 43.5 Å². The number of halogens is 3. The van der Waals surface area contributed by atoms with E-state index in [2.05, 4.69) is 31.9 Å². The Morgan fingerprint density at radius 1 is 1.44 bits per heavy atom. The molecule has 1 N–H and O–H groups in total. The van der Waals surface area contributed by atoms with Crippen LogP contribution in [0.2, 0.25) is 0 Å². The summed E-state index contributed by atoms with van der Waals surface area (Å²) in [6.07, 6.45) is 0. The lowest BCUT2D eigenvalue weighted by atomic mass is 10.2. The Kier molecular flexibility index (Phi) is 5.83. The second-order valence-electron chi connectivity index (χ2n) is 3.29. The van der Waals surface area contributed by atoms with Gasteiger partial charge in [-0.25, -0.2) is 0 Å². The fourth-order valence-electron chi connectivity index (χ4n) is 1.06. The van der Waals surface area contributed by atoms with Crippen molar-refractivity contribution in [2.75, 3.05) is 6.61 Å². The van der Waals surface area contributed by atoms with E-state index < -0.39 is 0 Å². The highest BCUT2D eigenvalue weighted by molar-refractivity contribution is 9.11. The van der Waals surface area contributed by atoms with Crippen molar-refractivity contribution in [3.05, 3.63) is 37.7 Å². The molecule has 0 aliphatic heterocycles. The molecule has 0 radical (unpaired) electrons. The highest BCUT2D eigenvalue weighted by atomic mass is 79.9. The Morgan fingerprint density at radius 2 is 2.00 bits per heavy atom. The molecule has 0 aliphatic rings. The van der Waals surface area contributed by atoms with Crippen molar-refractivity contribution >= 4 is 43.5 Å². The Labute approximate surface area is 117 Å². The van der Waals surface area contributed by atoms with Gasteiger partial charge in [0.2, 0.25) is 0 Å². The van der Waals surface area contributed by atoms with E-state index >= 15 is 0 Å². The number of rotatable bonds is 4. The van der Waals surface area contributed by atoms with Gasteiger partial charge in [-0.3, -0.25) is 0 Å². The molecule has 1 rings (SSSR count). The van der Waals surface area contributed by atoms with Crippen LogP contribution in [0.3, 0.4) is 0 Å². The third-order valence-electron chi connectivity index (χ3n) is 1.87. The topological polar surface area (TPSA) is 29.5 Å². The third-order valence-corrected chi connectivity index (χ3v) is 3.42. The first-order valence-electron chi connectivity index (χ1n) is 4.56. The lowest BCUT2D eigenvalue weighted by molar-refractivity contribution is 0.281. The summed E-state index contributed by atoms with van der Waals surface area (Å²) in [4.78, 5) is 0. The average Bonchev–Trinajstić information content (AvgIpc) is 2.27. The summed E-state index contributed by atoms with van der Waals surface area (Å²) in [7, 11) is 0. The van der Waals surface area contributed by atoms with Crippen LogP contribution in [0.5, 0.6) is 5.75 Å². The quantitative estimate of drug-likeness (QED) is 0.860. The van der Waals surface area contributed by atoms with Crippen LogP contribution in [-0.4, -0.2) is 11.7 Å². The molecule has 1 aromatic carbocycles. The zero-order valence-electron chi connectivity index (χ0n) is 8.64. The van der Waals surface area contributed by atoms with Crippen molar-refractivity contribution in [2.45, 2.75) is 13.5 Å². The lowest BCUT2D eigenvalue weighted by Gasteiger charge is -2.11. The molecular formula is C11H11Br2ClO2. The van der Waals surface area contributed by atoms with E-state index in [4.69, 9.17) is 21.4 Å². The average molecular weight is 370 g/mol. The van der Waals surface area contributed by atoms with Gasteiger partial charge >= 0.3 is 0 Å². The maximum Gasteiger partial charge on any atom is 0.148 e. The largest absolute Gasteiger partial charge is 0.487 e. The molecule has 88 valence electrons. The summed E-state index contributed by atoms with van der Waals surface area (Å²) in [5, 5.41) is 9.02. The van der Waals surface area contributed by atoms with Crippen LogP contribution in [0.4, 0.5) is 0 Å². The van der Waals surface area contributed by atoms with Crippen LogP contribution in [0.25, 0.3) is 0 Å². The molecule has 16 heavy (non-hydrogen) atoms. The Balaban J connectivity index is 2.88. The molecule has 0 spiro atoms. The van der Waals surface area contributed by atoms with E-state index in [9.17, 15) is 0 Å². The molecule has 0 heterocycles. The molecule has 0 unspecified atom stereocenters. The van der Waals surface area contributed by atoms with Gasteiger partial charge in [0.25, 0.3) is 0 Å². The smallest absolute Gasteiger partial charge is 0.148 e. The fraction of sp³-hybridized carbons (Fsp3) is 0.273. The maximum absolute atomic E-state index is 9.02.